The Morgan fingerprint density at radius 3 is 2.62 bits per heavy atom. The molecule has 0 aliphatic carbocycles. The number of methoxy groups -OCH3 is 1. The predicted octanol–water partition coefficient (Wildman–Crippen LogP) is 3.89. The lowest BCUT2D eigenvalue weighted by Crippen LogP contribution is -2.52. The molecule has 1 aromatic heterocycles. The van der Waals surface area contributed by atoms with Crippen LogP contribution >= 0.6 is 11.3 Å². The van der Waals surface area contributed by atoms with E-state index in [0.717, 1.165) is 34.9 Å². The topological polar surface area (TPSA) is 57.7 Å². The zero-order chi connectivity index (χ0) is 20.2. The van der Waals surface area contributed by atoms with Gasteiger partial charge in [-0.2, -0.15) is 0 Å². The van der Waals surface area contributed by atoms with Crippen LogP contribution in [0.4, 0.5) is 4.79 Å². The normalized spacial score (nSPS) is 16.0. The molecule has 6 nitrogen and oxygen atoms in total. The molecule has 2 heterocycles. The van der Waals surface area contributed by atoms with Crippen LogP contribution in [0.5, 0.6) is 5.75 Å². The third-order valence-electron chi connectivity index (χ3n) is 5.44. The summed E-state index contributed by atoms with van der Waals surface area (Å²) >= 11 is 1.76. The Kier molecular flexibility index (Phi) is 5.97. The van der Waals surface area contributed by atoms with E-state index in [9.17, 15) is 4.79 Å². The van der Waals surface area contributed by atoms with Crippen molar-refractivity contribution in [3.05, 3.63) is 59.1 Å². The first kappa shape index (κ1) is 19.7. The van der Waals surface area contributed by atoms with Crippen molar-refractivity contribution in [2.45, 2.75) is 19.5 Å². The third kappa shape index (κ3) is 4.36. The lowest BCUT2D eigenvalue weighted by atomic mass is 10.2. The van der Waals surface area contributed by atoms with Crippen molar-refractivity contribution in [1.29, 1.82) is 0 Å². The maximum absolute atomic E-state index is 12.6. The van der Waals surface area contributed by atoms with E-state index in [1.54, 1.807) is 18.4 Å². The Balaban J connectivity index is 1.31. The fraction of sp³-hybridized carbons (Fsp3) is 0.364. The average molecular weight is 411 g/mol. The maximum Gasteiger partial charge on any atom is 0.317 e. The van der Waals surface area contributed by atoms with Crippen LogP contribution in [0.3, 0.4) is 0 Å². The number of benzene rings is 2. The fourth-order valence-electron chi connectivity index (χ4n) is 3.67. The number of para-hydroxylation sites is 2. The number of rotatable bonds is 5. The number of nitrogens with zero attached hydrogens (tertiary/aromatic N) is 3. The summed E-state index contributed by atoms with van der Waals surface area (Å²) in [7, 11) is 1.65. The summed E-state index contributed by atoms with van der Waals surface area (Å²) in [4.78, 5) is 21.7. The summed E-state index contributed by atoms with van der Waals surface area (Å²) in [6, 6.07) is 16.2. The molecule has 29 heavy (non-hydrogen) atoms. The molecular weight excluding hydrogens is 384 g/mol. The highest BCUT2D eigenvalue weighted by Crippen LogP contribution is 2.29. The van der Waals surface area contributed by atoms with Crippen molar-refractivity contribution in [2.75, 3.05) is 33.3 Å². The van der Waals surface area contributed by atoms with Crippen molar-refractivity contribution in [3.8, 4) is 5.75 Å². The Morgan fingerprint density at radius 1 is 1.14 bits per heavy atom. The van der Waals surface area contributed by atoms with Crippen LogP contribution in [0, 0.1) is 0 Å². The number of hydrogen-bond donors (Lipinski definition) is 1. The molecule has 1 fully saturated rings. The van der Waals surface area contributed by atoms with Gasteiger partial charge in [0.15, 0.2) is 0 Å². The van der Waals surface area contributed by atoms with Crippen LogP contribution in [0.25, 0.3) is 10.2 Å². The second-order valence-corrected chi connectivity index (χ2v) is 8.25. The lowest BCUT2D eigenvalue weighted by Gasteiger charge is -2.37. The van der Waals surface area contributed by atoms with Crippen molar-refractivity contribution < 1.29 is 9.53 Å². The highest BCUT2D eigenvalue weighted by atomic mass is 32.1. The zero-order valence-electron chi connectivity index (χ0n) is 16.8. The second-order valence-electron chi connectivity index (χ2n) is 7.19. The summed E-state index contributed by atoms with van der Waals surface area (Å²) in [6.45, 7) is 5.79. The first-order valence-electron chi connectivity index (χ1n) is 9.90. The molecule has 2 aromatic carbocycles. The van der Waals surface area contributed by atoms with Crippen LogP contribution in [-0.2, 0) is 6.54 Å². The number of fused-ring (bicyclic) bond motifs is 1. The number of piperazine rings is 1. The van der Waals surface area contributed by atoms with Gasteiger partial charge in [-0.05, 0) is 25.1 Å². The third-order valence-corrected chi connectivity index (χ3v) is 6.65. The number of aromatic nitrogens is 1. The van der Waals surface area contributed by atoms with Gasteiger partial charge in [-0.3, -0.25) is 4.90 Å². The molecule has 1 saturated heterocycles. The minimum atomic E-state index is -0.0248. The molecule has 1 atom stereocenters. The van der Waals surface area contributed by atoms with Gasteiger partial charge >= 0.3 is 6.03 Å². The number of ether oxygens (including phenoxy) is 1. The largest absolute Gasteiger partial charge is 0.496 e. The minimum absolute atomic E-state index is 0.0248. The first-order chi connectivity index (χ1) is 14.2. The van der Waals surface area contributed by atoms with E-state index in [1.807, 2.05) is 35.2 Å². The Hall–Kier alpha value is -2.64. The van der Waals surface area contributed by atoms with E-state index in [-0.39, 0.29) is 12.1 Å². The van der Waals surface area contributed by atoms with Gasteiger partial charge in [0.05, 0.1) is 23.4 Å². The molecule has 1 aliphatic rings. The molecule has 1 N–H and O–H groups in total. The molecule has 152 valence electrons. The Bertz CT molecular complexity index is 949. The Morgan fingerprint density at radius 2 is 1.86 bits per heavy atom. The summed E-state index contributed by atoms with van der Waals surface area (Å²) in [5.41, 5.74) is 2.04. The molecule has 1 unspecified atom stereocenters. The van der Waals surface area contributed by atoms with Crippen molar-refractivity contribution in [3.63, 3.8) is 0 Å². The highest BCUT2D eigenvalue weighted by molar-refractivity contribution is 7.18. The number of amides is 2. The number of hydrogen-bond acceptors (Lipinski definition) is 5. The van der Waals surface area contributed by atoms with Gasteiger partial charge in [0.1, 0.15) is 10.8 Å². The number of urea groups is 1. The smallest absolute Gasteiger partial charge is 0.317 e. The van der Waals surface area contributed by atoms with E-state index in [2.05, 4.69) is 35.3 Å². The Labute approximate surface area is 175 Å². The van der Waals surface area contributed by atoms with Crippen molar-refractivity contribution in [1.82, 2.24) is 20.1 Å². The van der Waals surface area contributed by atoms with E-state index < -0.39 is 0 Å². The SMILES string of the molecule is COc1ccccc1CNC(=O)N1CCN(C(C)c2nc3ccccc3s2)CC1. The van der Waals surface area contributed by atoms with Gasteiger partial charge in [0, 0.05) is 38.3 Å². The molecule has 0 radical (unpaired) electrons. The molecular formula is C22H26N4O2S. The van der Waals surface area contributed by atoms with Gasteiger partial charge in [-0.25, -0.2) is 9.78 Å². The first-order valence-corrected chi connectivity index (χ1v) is 10.7. The minimum Gasteiger partial charge on any atom is -0.496 e. The molecule has 0 bridgehead atoms. The van der Waals surface area contributed by atoms with E-state index in [4.69, 9.17) is 9.72 Å². The summed E-state index contributed by atoms with van der Waals surface area (Å²) in [5, 5.41) is 4.15. The van der Waals surface area contributed by atoms with Gasteiger partial charge in [-0.15, -0.1) is 11.3 Å². The van der Waals surface area contributed by atoms with E-state index in [1.165, 1.54) is 4.70 Å². The molecule has 7 heteroatoms. The summed E-state index contributed by atoms with van der Waals surface area (Å²) in [6.07, 6.45) is 0. The predicted molar refractivity (Wildman–Crippen MR) is 116 cm³/mol. The molecule has 4 rings (SSSR count). The van der Waals surface area contributed by atoms with E-state index in [0.29, 0.717) is 19.6 Å². The fourth-order valence-corrected chi connectivity index (χ4v) is 4.72. The van der Waals surface area contributed by atoms with Crippen molar-refractivity contribution in [2.24, 2.45) is 0 Å². The number of thiazole rings is 1. The quantitative estimate of drug-likeness (QED) is 0.693. The summed E-state index contributed by atoms with van der Waals surface area (Å²) in [5.74, 6) is 0.794. The zero-order valence-corrected chi connectivity index (χ0v) is 17.6. The van der Waals surface area contributed by atoms with Gasteiger partial charge in [0.25, 0.3) is 0 Å². The second kappa shape index (κ2) is 8.80. The van der Waals surface area contributed by atoms with Crippen LogP contribution < -0.4 is 10.1 Å². The number of carbonyl (C=O) groups is 1. The molecule has 0 saturated carbocycles. The van der Waals surface area contributed by atoms with Gasteiger partial charge < -0.3 is 15.0 Å². The average Bonchev–Trinajstić information content (AvgIpc) is 3.21. The van der Waals surface area contributed by atoms with E-state index >= 15 is 0 Å². The van der Waals surface area contributed by atoms with Crippen LogP contribution in [-0.4, -0.2) is 54.1 Å². The standard InChI is InChI=1S/C22H26N4O2S/c1-16(21-24-18-8-4-6-10-20(18)29-21)25-11-13-26(14-12-25)22(27)23-15-17-7-3-5-9-19(17)28-2/h3-10,16H,11-15H2,1-2H3,(H,23,27). The number of nitrogens with one attached hydrogen (secondary N) is 1. The molecule has 0 spiro atoms. The lowest BCUT2D eigenvalue weighted by molar-refractivity contribution is 0.114. The molecule has 1 aliphatic heterocycles. The van der Waals surface area contributed by atoms with Crippen LogP contribution in [0.2, 0.25) is 0 Å². The van der Waals surface area contributed by atoms with Crippen LogP contribution in [0.15, 0.2) is 48.5 Å². The maximum atomic E-state index is 12.6. The monoisotopic (exact) mass is 410 g/mol. The van der Waals surface area contributed by atoms with Crippen LogP contribution in [0.1, 0.15) is 23.5 Å². The number of carbonyl (C=O) groups excluding carboxylic acids is 1. The summed E-state index contributed by atoms with van der Waals surface area (Å²) < 4.78 is 6.58. The molecule has 3 aromatic rings. The molecule has 2 amide bonds. The highest BCUT2D eigenvalue weighted by Gasteiger charge is 2.26. The van der Waals surface area contributed by atoms with Gasteiger partial charge in [0.2, 0.25) is 0 Å². The van der Waals surface area contributed by atoms with Gasteiger partial charge in [-0.1, -0.05) is 30.3 Å². The van der Waals surface area contributed by atoms with Crippen molar-refractivity contribution >= 4 is 27.6 Å².